The molecule has 2 unspecified atom stereocenters. The van der Waals surface area contributed by atoms with Crippen LogP contribution in [0.3, 0.4) is 0 Å². The third kappa shape index (κ3) is 16.3. The van der Waals surface area contributed by atoms with E-state index in [0.717, 1.165) is 82.3 Å². The molecule has 12 rings (SSSR count). The summed E-state index contributed by atoms with van der Waals surface area (Å²) in [7, 11) is 0. The summed E-state index contributed by atoms with van der Waals surface area (Å²) in [4.78, 5) is 105. The summed E-state index contributed by atoms with van der Waals surface area (Å²) >= 11 is 0. The number of ether oxygens (including phenoxy) is 6. The van der Waals surface area contributed by atoms with Gasteiger partial charge in [0.25, 0.3) is 0 Å². The lowest BCUT2D eigenvalue weighted by Gasteiger charge is -2.42. The first kappa shape index (κ1) is 67.2. The highest BCUT2D eigenvalue weighted by Gasteiger charge is 2.56. The number of carbonyl (C=O) groups excluding carboxylic acids is 4. The fraction of sp³-hybridized carbons (Fsp3) is 0.309. The number of hydrogen-bond donors (Lipinski definition) is 12. The van der Waals surface area contributed by atoms with Gasteiger partial charge in [0.1, 0.15) is 18.3 Å². The van der Waals surface area contributed by atoms with Crippen LogP contribution in [0.25, 0.3) is 54.5 Å². The number of benzene rings is 5. The summed E-state index contributed by atoms with van der Waals surface area (Å²) in [6.07, 6.45) is -7.93. The van der Waals surface area contributed by atoms with Crippen molar-refractivity contribution in [3.8, 4) is 0 Å². The van der Waals surface area contributed by atoms with Crippen LogP contribution >= 0.6 is 0 Å². The average Bonchev–Trinajstić information content (AvgIpc) is 1.78. The van der Waals surface area contributed by atoms with Crippen LogP contribution in [0, 0.1) is 0 Å². The van der Waals surface area contributed by atoms with E-state index in [9.17, 15) is 38.7 Å². The number of carbonyl (C=O) groups is 7. The standard InChI is InChI=1S/C50H46N4O11.C11H11NO2.C6H10O7.CH4/c55-41(21-17-29-25-51-37-13-5-1-9-33(29)37)61-45-46(62-42(56)22-18-30-26-52-38-14-6-2-10-34(30)38)48(63-43(57)23-19-31-27-53-39-15-7-3-11-35(31)39)50(65-47(45)49(59)60)64-44(58)24-20-32-28-54-40-16-8-4-12-36(32)40;13-11(14)6-5-8-7-12-10-4-2-1-3-9(8)10;7-1-2(8)4(5(10)11)13-6(12)3(1)9;/h1-16,25-28,45-48,50-54H,17-24H2,(H,59,60);1-4,7,12H,5-6H2,(H,13,14);1-4,6-9,12H,(H,10,11);1H4/t45-,46-,47-,48+,50?;;1-,2-,3+,4-,6?;/m0.0./s1. The molecule has 2 aliphatic heterocycles. The number of carboxylic acids is 3. The molecule has 25 nitrogen and oxygen atoms in total. The van der Waals surface area contributed by atoms with E-state index in [1.54, 1.807) is 24.8 Å². The molecule has 2 fully saturated rings. The highest BCUT2D eigenvalue weighted by atomic mass is 16.7. The summed E-state index contributed by atoms with van der Waals surface area (Å²) in [5.41, 5.74) is 8.98. The molecule has 488 valence electrons. The molecule has 0 radical (unpaired) electrons. The number of aliphatic carboxylic acids is 3. The summed E-state index contributed by atoms with van der Waals surface area (Å²) in [5, 5.41) is 68.3. The van der Waals surface area contributed by atoms with E-state index in [0.29, 0.717) is 6.42 Å². The fourth-order valence-corrected chi connectivity index (χ4v) is 11.3. The summed E-state index contributed by atoms with van der Waals surface area (Å²) in [6.45, 7) is 0. The van der Waals surface area contributed by atoms with Crippen LogP contribution in [0.5, 0.6) is 0 Å². The molecule has 5 aromatic heterocycles. The van der Waals surface area contributed by atoms with Crippen molar-refractivity contribution in [3.05, 3.63) is 180 Å². The van der Waals surface area contributed by atoms with Gasteiger partial charge in [0.2, 0.25) is 12.4 Å². The minimum Gasteiger partial charge on any atom is -0.481 e. The van der Waals surface area contributed by atoms with Crippen molar-refractivity contribution in [3.63, 3.8) is 0 Å². The van der Waals surface area contributed by atoms with E-state index in [-0.39, 0.29) is 65.2 Å². The second-order valence-electron chi connectivity index (χ2n) is 22.1. The Morgan fingerprint density at radius 3 is 0.989 bits per heavy atom. The van der Waals surface area contributed by atoms with Gasteiger partial charge < -0.3 is 89.1 Å². The third-order valence-electron chi connectivity index (χ3n) is 16.0. The Kier molecular flexibility index (Phi) is 22.3. The van der Waals surface area contributed by atoms with Gasteiger partial charge in [-0.2, -0.15) is 0 Å². The molecule has 7 heterocycles. The zero-order valence-electron chi connectivity index (χ0n) is 49.2. The molecule has 2 saturated heterocycles. The first-order valence-corrected chi connectivity index (χ1v) is 29.6. The molecule has 93 heavy (non-hydrogen) atoms. The van der Waals surface area contributed by atoms with E-state index in [4.69, 9.17) is 54.3 Å². The summed E-state index contributed by atoms with van der Waals surface area (Å²) < 4.78 is 34.1. The van der Waals surface area contributed by atoms with Crippen molar-refractivity contribution in [2.75, 3.05) is 0 Å². The highest BCUT2D eigenvalue weighted by molar-refractivity contribution is 5.88. The molecule has 0 amide bonds. The minimum atomic E-state index is -2.01. The number of para-hydroxylation sites is 5. The normalized spacial score (nSPS) is 20.9. The van der Waals surface area contributed by atoms with Gasteiger partial charge in [-0.25, -0.2) is 9.59 Å². The maximum Gasteiger partial charge on any atom is 0.337 e. The van der Waals surface area contributed by atoms with E-state index < -0.39 is 103 Å². The number of esters is 4. The molecule has 25 heteroatoms. The SMILES string of the molecule is C.O=C(CCc1c[nH]c2ccccc12)OC1O[C@H](C(=O)O)[C@@H](OC(=O)CCc2c[nH]c3ccccc23)[C@H](OC(=O)CCc2c[nH]c3ccccc23)[C@H]1OC(=O)CCc1c[nH]c2ccccc12.O=C(O)CCc1c[nH]c2ccccc12.O=C(O)[C@H]1OC(O)[C@H](O)[C@@H](O)[C@@H]1O. The Bertz CT molecular complexity index is 4240. The predicted molar refractivity (Wildman–Crippen MR) is 336 cm³/mol. The highest BCUT2D eigenvalue weighted by Crippen LogP contribution is 2.33. The number of hydrogen-bond acceptors (Lipinski definition) is 17. The van der Waals surface area contributed by atoms with Crippen molar-refractivity contribution in [1.29, 1.82) is 0 Å². The molecule has 0 saturated carbocycles. The zero-order valence-corrected chi connectivity index (χ0v) is 49.2. The van der Waals surface area contributed by atoms with Crippen LogP contribution in [0.15, 0.2) is 152 Å². The maximum atomic E-state index is 13.9. The van der Waals surface area contributed by atoms with Gasteiger partial charge in [-0.05, 0) is 90.3 Å². The fourth-order valence-electron chi connectivity index (χ4n) is 11.3. The smallest absolute Gasteiger partial charge is 0.337 e. The first-order chi connectivity index (χ1) is 44.4. The lowest BCUT2D eigenvalue weighted by atomic mass is 9.97. The second-order valence-corrected chi connectivity index (χ2v) is 22.1. The molecule has 10 aromatic rings. The zero-order chi connectivity index (χ0) is 65.0. The van der Waals surface area contributed by atoms with Gasteiger partial charge in [-0.15, -0.1) is 0 Å². The van der Waals surface area contributed by atoms with Gasteiger partial charge in [0.15, 0.2) is 30.7 Å². The van der Waals surface area contributed by atoms with Crippen LogP contribution in [-0.4, -0.2) is 164 Å². The Morgan fingerprint density at radius 1 is 0.355 bits per heavy atom. The molecule has 0 bridgehead atoms. The Hall–Kier alpha value is -10.2. The van der Waals surface area contributed by atoms with Crippen LogP contribution in [0.4, 0.5) is 0 Å². The average molecular weight is 1280 g/mol. The van der Waals surface area contributed by atoms with Crippen molar-refractivity contribution in [1.82, 2.24) is 24.9 Å². The van der Waals surface area contributed by atoms with Crippen LogP contribution in [0.1, 0.15) is 67.3 Å². The predicted octanol–water partition coefficient (Wildman–Crippen LogP) is 7.22. The monoisotopic (exact) mass is 1280 g/mol. The number of H-pyrrole nitrogens is 5. The maximum absolute atomic E-state index is 13.9. The molecule has 0 aliphatic carbocycles. The van der Waals surface area contributed by atoms with Crippen LogP contribution in [0.2, 0.25) is 0 Å². The minimum absolute atomic E-state index is 0. The lowest BCUT2D eigenvalue weighted by Crippen LogP contribution is -2.64. The third-order valence-corrected chi connectivity index (χ3v) is 16.0. The van der Waals surface area contributed by atoms with E-state index in [2.05, 4.69) is 29.7 Å². The molecular weight excluding hydrogens is 1210 g/mol. The van der Waals surface area contributed by atoms with Gasteiger partial charge in [0, 0.05) is 118 Å². The number of aromatic nitrogens is 5. The Balaban J connectivity index is 0.000000299. The van der Waals surface area contributed by atoms with Crippen LogP contribution in [-0.2, 0) is 94.1 Å². The number of nitrogens with one attached hydrogen (secondary N) is 5. The molecule has 12 N–H and O–H groups in total. The van der Waals surface area contributed by atoms with Gasteiger partial charge in [-0.1, -0.05) is 98.4 Å². The van der Waals surface area contributed by atoms with Gasteiger partial charge in [0.05, 0.1) is 0 Å². The number of aliphatic hydroxyl groups excluding tert-OH is 4. The number of aryl methyl sites for hydroxylation is 5. The molecule has 0 spiro atoms. The van der Waals surface area contributed by atoms with Crippen LogP contribution < -0.4 is 0 Å². The van der Waals surface area contributed by atoms with E-state index >= 15 is 0 Å². The Labute approximate surface area is 530 Å². The van der Waals surface area contributed by atoms with Crippen molar-refractivity contribution in [2.45, 2.75) is 133 Å². The molecule has 2 aliphatic rings. The number of fused-ring (bicyclic) bond motifs is 5. The van der Waals surface area contributed by atoms with Crippen molar-refractivity contribution >= 4 is 96.3 Å². The van der Waals surface area contributed by atoms with Gasteiger partial charge in [-0.3, -0.25) is 24.0 Å². The molecule has 10 atom stereocenters. The topological polar surface area (TPSA) is 395 Å². The molecule has 5 aromatic carbocycles. The number of aliphatic hydroxyl groups is 4. The van der Waals surface area contributed by atoms with Crippen molar-refractivity contribution in [2.24, 2.45) is 0 Å². The first-order valence-electron chi connectivity index (χ1n) is 29.6. The molecular formula is C68H71N5O20. The lowest BCUT2D eigenvalue weighted by molar-refractivity contribution is -0.295. The quantitative estimate of drug-likeness (QED) is 0.0249. The largest absolute Gasteiger partial charge is 0.481 e. The van der Waals surface area contributed by atoms with E-state index in [1.807, 2.05) is 128 Å². The summed E-state index contributed by atoms with van der Waals surface area (Å²) in [5.74, 6) is -7.09. The van der Waals surface area contributed by atoms with Gasteiger partial charge >= 0.3 is 41.8 Å². The van der Waals surface area contributed by atoms with E-state index in [1.165, 1.54) is 0 Å². The summed E-state index contributed by atoms with van der Waals surface area (Å²) in [6, 6.07) is 38.2. The Morgan fingerprint density at radius 2 is 0.656 bits per heavy atom. The number of rotatable bonds is 21. The second kappa shape index (κ2) is 30.8. The number of aromatic amines is 5. The van der Waals surface area contributed by atoms with Crippen molar-refractivity contribution < 1.29 is 97.7 Å². The number of carboxylic acid groups (broad SMARTS) is 3.